The number of halogens is 2. The molecular weight excluding hydrogens is 152 g/mol. The number of pyridine rings is 1. The van der Waals surface area contributed by atoms with Crippen molar-refractivity contribution in [2.45, 2.75) is 6.61 Å². The van der Waals surface area contributed by atoms with Crippen LogP contribution >= 0.6 is 0 Å². The summed E-state index contributed by atoms with van der Waals surface area (Å²) in [5.41, 5.74) is 0.593. The van der Waals surface area contributed by atoms with Crippen LogP contribution in [-0.2, 0) is 0 Å². The Labute approximate surface area is 62.8 Å². The molecular formula is C7H6F2NO. The Bertz CT molecular complexity index is 240. The van der Waals surface area contributed by atoms with Gasteiger partial charge in [0.25, 0.3) is 0 Å². The standard InChI is InChI=1S/C7H6F2NO/c1-5-2-3-10-6(4-5)11-7(8)9/h2-4,7H,1H2. The van der Waals surface area contributed by atoms with E-state index in [0.29, 0.717) is 5.56 Å². The van der Waals surface area contributed by atoms with Gasteiger partial charge in [-0.3, -0.25) is 0 Å². The first-order valence-corrected chi connectivity index (χ1v) is 2.91. The first kappa shape index (κ1) is 7.91. The van der Waals surface area contributed by atoms with Crippen LogP contribution in [0.3, 0.4) is 0 Å². The van der Waals surface area contributed by atoms with Crippen molar-refractivity contribution in [2.24, 2.45) is 0 Å². The summed E-state index contributed by atoms with van der Waals surface area (Å²) < 4.78 is 27.1. The topological polar surface area (TPSA) is 22.1 Å². The fourth-order valence-corrected chi connectivity index (χ4v) is 0.606. The van der Waals surface area contributed by atoms with E-state index in [1.807, 2.05) is 0 Å². The van der Waals surface area contributed by atoms with Gasteiger partial charge in [-0.15, -0.1) is 0 Å². The van der Waals surface area contributed by atoms with Crippen LogP contribution in [0.15, 0.2) is 18.3 Å². The van der Waals surface area contributed by atoms with Crippen LogP contribution in [0, 0.1) is 6.92 Å². The summed E-state index contributed by atoms with van der Waals surface area (Å²) in [6.07, 6.45) is 1.36. The van der Waals surface area contributed by atoms with Crippen molar-refractivity contribution >= 4 is 0 Å². The number of nitrogens with zero attached hydrogens (tertiary/aromatic N) is 1. The predicted octanol–water partition coefficient (Wildman–Crippen LogP) is 1.87. The largest absolute Gasteiger partial charge is 0.417 e. The lowest BCUT2D eigenvalue weighted by molar-refractivity contribution is -0.0528. The fraction of sp³-hybridized carbons (Fsp3) is 0.143. The molecule has 0 amide bonds. The third-order valence-corrected chi connectivity index (χ3v) is 1.01. The number of alkyl halides is 2. The number of rotatable bonds is 2. The molecule has 1 heterocycles. The minimum Gasteiger partial charge on any atom is -0.417 e. The van der Waals surface area contributed by atoms with Gasteiger partial charge in [0.15, 0.2) is 0 Å². The van der Waals surface area contributed by atoms with Crippen molar-refractivity contribution in [1.29, 1.82) is 0 Å². The molecule has 1 aromatic heterocycles. The van der Waals surface area contributed by atoms with Gasteiger partial charge in [-0.25, -0.2) is 4.98 Å². The van der Waals surface area contributed by atoms with Crippen LogP contribution in [0.5, 0.6) is 5.88 Å². The molecule has 4 heteroatoms. The fourth-order valence-electron chi connectivity index (χ4n) is 0.606. The maximum Gasteiger partial charge on any atom is 0.388 e. The van der Waals surface area contributed by atoms with Crippen molar-refractivity contribution in [1.82, 2.24) is 4.98 Å². The van der Waals surface area contributed by atoms with E-state index in [-0.39, 0.29) is 5.88 Å². The number of aromatic nitrogens is 1. The Morgan fingerprint density at radius 3 is 2.82 bits per heavy atom. The third-order valence-electron chi connectivity index (χ3n) is 1.01. The molecule has 0 saturated heterocycles. The van der Waals surface area contributed by atoms with Crippen molar-refractivity contribution in [2.75, 3.05) is 0 Å². The molecule has 1 aromatic rings. The average Bonchev–Trinajstić information content (AvgIpc) is 1.85. The van der Waals surface area contributed by atoms with E-state index in [2.05, 4.69) is 16.6 Å². The summed E-state index contributed by atoms with van der Waals surface area (Å²) in [5.74, 6) is -0.104. The SMILES string of the molecule is [CH2]c1ccnc(OC(F)F)c1. The van der Waals surface area contributed by atoms with E-state index in [1.165, 1.54) is 12.3 Å². The Morgan fingerprint density at radius 1 is 1.55 bits per heavy atom. The first-order valence-electron chi connectivity index (χ1n) is 2.91. The zero-order chi connectivity index (χ0) is 8.27. The average molecular weight is 158 g/mol. The van der Waals surface area contributed by atoms with Crippen LogP contribution in [-0.4, -0.2) is 11.6 Å². The van der Waals surface area contributed by atoms with Crippen LogP contribution in [0.2, 0.25) is 0 Å². The second kappa shape index (κ2) is 3.27. The highest BCUT2D eigenvalue weighted by Crippen LogP contribution is 2.10. The Morgan fingerprint density at radius 2 is 2.27 bits per heavy atom. The van der Waals surface area contributed by atoms with E-state index in [9.17, 15) is 8.78 Å². The van der Waals surface area contributed by atoms with Gasteiger partial charge in [0.1, 0.15) is 0 Å². The summed E-state index contributed by atoms with van der Waals surface area (Å²) in [4.78, 5) is 3.54. The molecule has 0 aliphatic carbocycles. The normalized spacial score (nSPS) is 10.2. The van der Waals surface area contributed by atoms with Crippen LogP contribution in [0.25, 0.3) is 0 Å². The van der Waals surface area contributed by atoms with Crippen LogP contribution in [0.1, 0.15) is 5.56 Å². The molecule has 0 saturated carbocycles. The van der Waals surface area contributed by atoms with E-state index in [1.54, 1.807) is 6.07 Å². The Kier molecular flexibility index (Phi) is 2.36. The summed E-state index contributed by atoms with van der Waals surface area (Å²) in [7, 11) is 0. The van der Waals surface area contributed by atoms with Gasteiger partial charge >= 0.3 is 6.61 Å². The summed E-state index contributed by atoms with van der Waals surface area (Å²) in [5, 5.41) is 0. The van der Waals surface area contributed by atoms with Crippen molar-refractivity contribution < 1.29 is 13.5 Å². The zero-order valence-corrected chi connectivity index (χ0v) is 5.63. The van der Waals surface area contributed by atoms with Gasteiger partial charge in [-0.2, -0.15) is 8.78 Å². The predicted molar refractivity (Wildman–Crippen MR) is 35.3 cm³/mol. The molecule has 0 aliphatic rings. The minimum absolute atomic E-state index is 0.104. The smallest absolute Gasteiger partial charge is 0.388 e. The molecule has 0 aromatic carbocycles. The van der Waals surface area contributed by atoms with Gasteiger partial charge in [0.05, 0.1) is 0 Å². The number of hydrogen-bond acceptors (Lipinski definition) is 2. The third kappa shape index (κ3) is 2.49. The highest BCUT2D eigenvalue weighted by molar-refractivity contribution is 5.22. The highest BCUT2D eigenvalue weighted by Gasteiger charge is 2.03. The molecule has 59 valence electrons. The van der Waals surface area contributed by atoms with Crippen molar-refractivity contribution in [3.8, 4) is 5.88 Å². The molecule has 1 rings (SSSR count). The number of hydrogen-bond donors (Lipinski definition) is 0. The van der Waals surface area contributed by atoms with Crippen LogP contribution in [0.4, 0.5) is 8.78 Å². The highest BCUT2D eigenvalue weighted by atomic mass is 19.3. The summed E-state index contributed by atoms with van der Waals surface area (Å²) in [6.45, 7) is 0.694. The monoisotopic (exact) mass is 158 g/mol. The van der Waals surface area contributed by atoms with Crippen molar-refractivity contribution in [3.05, 3.63) is 30.8 Å². The van der Waals surface area contributed by atoms with Gasteiger partial charge < -0.3 is 4.74 Å². The maximum atomic E-state index is 11.6. The quantitative estimate of drug-likeness (QED) is 0.655. The van der Waals surface area contributed by atoms with E-state index in [0.717, 1.165) is 0 Å². The van der Waals surface area contributed by atoms with Gasteiger partial charge in [0.2, 0.25) is 5.88 Å². The molecule has 1 radical (unpaired) electrons. The Balaban J connectivity index is 2.71. The summed E-state index contributed by atoms with van der Waals surface area (Å²) >= 11 is 0. The second-order valence-electron chi connectivity index (χ2n) is 1.88. The lowest BCUT2D eigenvalue weighted by Crippen LogP contribution is -2.03. The molecule has 0 bridgehead atoms. The van der Waals surface area contributed by atoms with Gasteiger partial charge in [-0.05, 0) is 18.6 Å². The van der Waals surface area contributed by atoms with E-state index < -0.39 is 6.61 Å². The van der Waals surface area contributed by atoms with Crippen LogP contribution < -0.4 is 4.74 Å². The number of ether oxygens (including phenoxy) is 1. The molecule has 0 spiro atoms. The molecule has 0 atom stereocenters. The van der Waals surface area contributed by atoms with E-state index in [4.69, 9.17) is 0 Å². The lowest BCUT2D eigenvalue weighted by atomic mass is 10.3. The van der Waals surface area contributed by atoms with Gasteiger partial charge in [0, 0.05) is 12.3 Å². The lowest BCUT2D eigenvalue weighted by Gasteiger charge is -2.02. The molecule has 0 unspecified atom stereocenters. The molecule has 11 heavy (non-hydrogen) atoms. The second-order valence-corrected chi connectivity index (χ2v) is 1.88. The minimum atomic E-state index is -2.83. The molecule has 0 aliphatic heterocycles. The summed E-state index contributed by atoms with van der Waals surface area (Å²) in [6, 6.07) is 2.94. The van der Waals surface area contributed by atoms with Crippen molar-refractivity contribution in [3.63, 3.8) is 0 Å². The molecule has 0 N–H and O–H groups in total. The molecule has 2 nitrogen and oxygen atoms in total. The molecule has 0 fully saturated rings. The zero-order valence-electron chi connectivity index (χ0n) is 5.63. The first-order chi connectivity index (χ1) is 5.18. The maximum absolute atomic E-state index is 11.6. The Hall–Kier alpha value is -1.19. The van der Waals surface area contributed by atoms with Gasteiger partial charge in [-0.1, -0.05) is 0 Å². The van der Waals surface area contributed by atoms with E-state index >= 15 is 0 Å².